The van der Waals surface area contributed by atoms with E-state index in [1.165, 1.54) is 6.20 Å². The third kappa shape index (κ3) is 2.87. The van der Waals surface area contributed by atoms with E-state index in [-0.39, 0.29) is 5.95 Å². The van der Waals surface area contributed by atoms with Gasteiger partial charge in [-0.2, -0.15) is 4.98 Å². The number of nitrogens with zero attached hydrogens (tertiary/aromatic N) is 2. The quantitative estimate of drug-likeness (QED) is 0.920. The summed E-state index contributed by atoms with van der Waals surface area (Å²) < 4.78 is 6.21. The minimum absolute atomic E-state index is 0.145. The fourth-order valence-corrected chi connectivity index (χ4v) is 1.66. The van der Waals surface area contributed by atoms with E-state index in [0.29, 0.717) is 21.1 Å². The average molecular weight is 315 g/mol. The van der Waals surface area contributed by atoms with E-state index < -0.39 is 0 Å². The number of hydrogen-bond donors (Lipinski definition) is 1. The Morgan fingerprint density at radius 3 is 2.94 bits per heavy atom. The molecule has 0 amide bonds. The molecule has 0 aliphatic rings. The van der Waals surface area contributed by atoms with Crippen LogP contribution in [0.25, 0.3) is 0 Å². The van der Waals surface area contributed by atoms with Crippen LogP contribution in [0.4, 0.5) is 5.95 Å². The van der Waals surface area contributed by atoms with E-state index in [2.05, 4.69) is 25.9 Å². The molecular weight excluding hydrogens is 305 g/mol. The summed E-state index contributed by atoms with van der Waals surface area (Å²) in [6.45, 7) is 1.95. The summed E-state index contributed by atoms with van der Waals surface area (Å²) in [5, 5.41) is 0.514. The number of ether oxygens (including phenoxy) is 1. The summed E-state index contributed by atoms with van der Waals surface area (Å²) in [5.74, 6) is 1.02. The minimum atomic E-state index is 0.145. The minimum Gasteiger partial charge on any atom is -0.436 e. The number of aromatic nitrogens is 2. The van der Waals surface area contributed by atoms with Gasteiger partial charge in [-0.3, -0.25) is 0 Å². The molecule has 0 saturated heterocycles. The van der Waals surface area contributed by atoms with Gasteiger partial charge >= 0.3 is 0 Å². The maximum absolute atomic E-state index is 6.02. The molecule has 88 valence electrons. The summed E-state index contributed by atoms with van der Waals surface area (Å²) in [4.78, 5) is 7.81. The molecule has 6 heteroatoms. The molecule has 1 aromatic heterocycles. The number of benzene rings is 1. The molecule has 0 aliphatic heterocycles. The summed E-state index contributed by atoms with van der Waals surface area (Å²) >= 11 is 9.31. The van der Waals surface area contributed by atoms with Crippen LogP contribution in [0, 0.1) is 6.92 Å². The number of anilines is 1. The normalized spacial score (nSPS) is 10.3. The Morgan fingerprint density at radius 1 is 1.41 bits per heavy atom. The van der Waals surface area contributed by atoms with Crippen molar-refractivity contribution in [2.24, 2.45) is 0 Å². The molecule has 2 aromatic rings. The standard InChI is InChI=1S/C11H9BrClN3O/c1-6-2-3-8(13)9(4-6)17-10-7(12)5-15-11(14)16-10/h2-5H,1H3,(H2,14,15,16). The van der Waals surface area contributed by atoms with Crippen LogP contribution in [0.15, 0.2) is 28.9 Å². The molecule has 1 aromatic carbocycles. The maximum Gasteiger partial charge on any atom is 0.238 e. The Balaban J connectivity index is 2.37. The SMILES string of the molecule is Cc1ccc(Cl)c(Oc2nc(N)ncc2Br)c1. The second-order valence-electron chi connectivity index (χ2n) is 3.42. The molecule has 0 aliphatic carbocycles. The molecule has 2 rings (SSSR count). The molecule has 4 nitrogen and oxygen atoms in total. The smallest absolute Gasteiger partial charge is 0.238 e. The first-order chi connectivity index (χ1) is 8.06. The third-order valence-corrected chi connectivity index (χ3v) is 2.88. The lowest BCUT2D eigenvalue weighted by atomic mass is 10.2. The van der Waals surface area contributed by atoms with E-state index in [4.69, 9.17) is 22.1 Å². The Kier molecular flexibility index (Phi) is 3.49. The van der Waals surface area contributed by atoms with E-state index in [9.17, 15) is 0 Å². The molecule has 0 radical (unpaired) electrons. The zero-order chi connectivity index (χ0) is 12.4. The van der Waals surface area contributed by atoms with Crippen molar-refractivity contribution >= 4 is 33.5 Å². The molecule has 0 unspecified atom stereocenters. The van der Waals surface area contributed by atoms with Gasteiger partial charge in [-0.1, -0.05) is 17.7 Å². The van der Waals surface area contributed by atoms with Crippen molar-refractivity contribution in [3.63, 3.8) is 0 Å². The van der Waals surface area contributed by atoms with Crippen molar-refractivity contribution in [2.75, 3.05) is 5.73 Å². The second-order valence-corrected chi connectivity index (χ2v) is 4.68. The highest BCUT2D eigenvalue weighted by molar-refractivity contribution is 9.10. The Hall–Kier alpha value is -1.33. The van der Waals surface area contributed by atoms with Gasteiger partial charge in [-0.25, -0.2) is 4.98 Å². The van der Waals surface area contributed by atoms with Gasteiger partial charge in [-0.05, 0) is 40.5 Å². The topological polar surface area (TPSA) is 61.0 Å². The predicted octanol–water partition coefficient (Wildman–Crippen LogP) is 3.58. The first kappa shape index (κ1) is 12.1. The molecule has 1 heterocycles. The number of rotatable bonds is 2. The van der Waals surface area contributed by atoms with Gasteiger partial charge in [0.15, 0.2) is 0 Å². The van der Waals surface area contributed by atoms with Crippen molar-refractivity contribution < 1.29 is 4.74 Å². The fourth-order valence-electron chi connectivity index (χ4n) is 1.23. The number of nitrogen functional groups attached to an aromatic ring is 1. The van der Waals surface area contributed by atoms with E-state index in [0.717, 1.165) is 5.56 Å². The number of nitrogens with two attached hydrogens (primary N) is 1. The monoisotopic (exact) mass is 313 g/mol. The van der Waals surface area contributed by atoms with Crippen LogP contribution in [0.3, 0.4) is 0 Å². The van der Waals surface area contributed by atoms with E-state index in [1.54, 1.807) is 6.07 Å². The molecule has 0 spiro atoms. The molecule has 2 N–H and O–H groups in total. The Labute approximate surface area is 112 Å². The highest BCUT2D eigenvalue weighted by Gasteiger charge is 2.09. The highest BCUT2D eigenvalue weighted by Crippen LogP contribution is 2.32. The van der Waals surface area contributed by atoms with Gasteiger partial charge < -0.3 is 10.5 Å². The van der Waals surface area contributed by atoms with Crippen molar-refractivity contribution in [3.8, 4) is 11.6 Å². The Morgan fingerprint density at radius 2 is 2.18 bits per heavy atom. The summed E-state index contributed by atoms with van der Waals surface area (Å²) in [6, 6.07) is 5.50. The summed E-state index contributed by atoms with van der Waals surface area (Å²) in [7, 11) is 0. The van der Waals surface area contributed by atoms with Crippen LogP contribution in [0.5, 0.6) is 11.6 Å². The lowest BCUT2D eigenvalue weighted by Crippen LogP contribution is -1.97. The lowest BCUT2D eigenvalue weighted by molar-refractivity contribution is 0.459. The molecule has 17 heavy (non-hydrogen) atoms. The van der Waals surface area contributed by atoms with Gasteiger partial charge in [0.2, 0.25) is 11.8 Å². The molecule has 0 saturated carbocycles. The van der Waals surface area contributed by atoms with Crippen molar-refractivity contribution in [1.82, 2.24) is 9.97 Å². The zero-order valence-corrected chi connectivity index (χ0v) is 11.3. The maximum atomic E-state index is 6.02. The largest absolute Gasteiger partial charge is 0.436 e. The van der Waals surface area contributed by atoms with Crippen LogP contribution >= 0.6 is 27.5 Å². The van der Waals surface area contributed by atoms with Crippen molar-refractivity contribution in [2.45, 2.75) is 6.92 Å². The fraction of sp³-hybridized carbons (Fsp3) is 0.0909. The first-order valence-electron chi connectivity index (χ1n) is 4.78. The van der Waals surface area contributed by atoms with E-state index >= 15 is 0 Å². The molecule has 0 atom stereocenters. The molecule has 0 fully saturated rings. The number of hydrogen-bond acceptors (Lipinski definition) is 4. The van der Waals surface area contributed by atoms with Gasteiger partial charge in [0, 0.05) is 0 Å². The van der Waals surface area contributed by atoms with E-state index in [1.807, 2.05) is 19.1 Å². The number of halogens is 2. The average Bonchev–Trinajstić information content (AvgIpc) is 2.28. The Bertz CT molecular complexity index is 513. The van der Waals surface area contributed by atoms with Gasteiger partial charge in [-0.15, -0.1) is 0 Å². The van der Waals surface area contributed by atoms with Gasteiger partial charge in [0.05, 0.1) is 15.7 Å². The number of aryl methyl sites for hydroxylation is 1. The van der Waals surface area contributed by atoms with Gasteiger partial charge in [0.1, 0.15) is 5.75 Å². The predicted molar refractivity (Wildman–Crippen MR) is 70.4 cm³/mol. The third-order valence-electron chi connectivity index (χ3n) is 2.02. The second kappa shape index (κ2) is 4.89. The summed E-state index contributed by atoms with van der Waals surface area (Å²) in [6.07, 6.45) is 1.53. The lowest BCUT2D eigenvalue weighted by Gasteiger charge is -2.08. The van der Waals surface area contributed by atoms with Crippen LogP contribution in [-0.4, -0.2) is 9.97 Å². The van der Waals surface area contributed by atoms with Crippen molar-refractivity contribution in [3.05, 3.63) is 39.5 Å². The van der Waals surface area contributed by atoms with Crippen molar-refractivity contribution in [1.29, 1.82) is 0 Å². The molecule has 0 bridgehead atoms. The summed E-state index contributed by atoms with van der Waals surface area (Å²) in [5.41, 5.74) is 6.54. The van der Waals surface area contributed by atoms with Crippen LogP contribution in [0.2, 0.25) is 5.02 Å². The van der Waals surface area contributed by atoms with Gasteiger partial charge in [0.25, 0.3) is 0 Å². The zero-order valence-electron chi connectivity index (χ0n) is 8.95. The molecular formula is C11H9BrClN3O. The first-order valence-corrected chi connectivity index (χ1v) is 5.95. The highest BCUT2D eigenvalue weighted by atomic mass is 79.9. The van der Waals surface area contributed by atoms with Crippen LogP contribution < -0.4 is 10.5 Å². The van der Waals surface area contributed by atoms with Crippen LogP contribution in [0.1, 0.15) is 5.56 Å². The van der Waals surface area contributed by atoms with Crippen LogP contribution in [-0.2, 0) is 0 Å².